The standard InChI is InChI=1S/C10H14N2O/c1-7(2)8-3-4-9-10(13)11-5-6-12(8)9/h3-4,7H,5-6H2,1-2H3,(H,11,13). The van der Waals surface area contributed by atoms with Gasteiger partial charge in [-0.25, -0.2) is 0 Å². The van der Waals surface area contributed by atoms with E-state index in [9.17, 15) is 4.79 Å². The first-order chi connectivity index (χ1) is 6.20. The molecule has 1 aliphatic heterocycles. The quantitative estimate of drug-likeness (QED) is 0.692. The fourth-order valence-electron chi connectivity index (χ4n) is 1.81. The number of fused-ring (bicyclic) bond motifs is 1. The Balaban J connectivity index is 2.47. The van der Waals surface area contributed by atoms with Gasteiger partial charge in [-0.1, -0.05) is 13.8 Å². The highest BCUT2D eigenvalue weighted by atomic mass is 16.2. The summed E-state index contributed by atoms with van der Waals surface area (Å²) in [7, 11) is 0. The van der Waals surface area contributed by atoms with Crippen molar-refractivity contribution in [3.05, 3.63) is 23.5 Å². The van der Waals surface area contributed by atoms with Crippen LogP contribution in [0.2, 0.25) is 0 Å². The first-order valence-corrected chi connectivity index (χ1v) is 4.68. The second-order valence-electron chi connectivity index (χ2n) is 3.71. The Morgan fingerprint density at radius 2 is 2.23 bits per heavy atom. The van der Waals surface area contributed by atoms with E-state index in [1.54, 1.807) is 0 Å². The molecule has 0 spiro atoms. The minimum Gasteiger partial charge on any atom is -0.349 e. The van der Waals surface area contributed by atoms with Crippen LogP contribution in [0.15, 0.2) is 12.1 Å². The number of carbonyl (C=O) groups excluding carboxylic acids is 1. The van der Waals surface area contributed by atoms with Crippen LogP contribution in [0.1, 0.15) is 35.9 Å². The van der Waals surface area contributed by atoms with Gasteiger partial charge in [0.2, 0.25) is 0 Å². The van der Waals surface area contributed by atoms with E-state index in [1.807, 2.05) is 12.1 Å². The monoisotopic (exact) mass is 178 g/mol. The summed E-state index contributed by atoms with van der Waals surface area (Å²) in [5.74, 6) is 0.540. The van der Waals surface area contributed by atoms with Crippen LogP contribution in [0, 0.1) is 0 Å². The zero-order valence-electron chi connectivity index (χ0n) is 8.00. The third-order valence-corrected chi connectivity index (χ3v) is 2.46. The molecule has 2 rings (SSSR count). The van der Waals surface area contributed by atoms with Crippen molar-refractivity contribution in [3.8, 4) is 0 Å². The number of aromatic nitrogens is 1. The molecular formula is C10H14N2O. The van der Waals surface area contributed by atoms with Gasteiger partial charge in [0.15, 0.2) is 0 Å². The van der Waals surface area contributed by atoms with Gasteiger partial charge in [-0.3, -0.25) is 4.79 Å². The molecule has 0 fully saturated rings. The van der Waals surface area contributed by atoms with Gasteiger partial charge in [0.05, 0.1) is 0 Å². The van der Waals surface area contributed by atoms with E-state index in [4.69, 9.17) is 0 Å². The lowest BCUT2D eigenvalue weighted by atomic mass is 10.1. The molecular weight excluding hydrogens is 164 g/mol. The smallest absolute Gasteiger partial charge is 0.267 e. The molecule has 1 N–H and O–H groups in total. The van der Waals surface area contributed by atoms with Crippen molar-refractivity contribution in [1.82, 2.24) is 9.88 Å². The topological polar surface area (TPSA) is 34.0 Å². The lowest BCUT2D eigenvalue weighted by Crippen LogP contribution is -2.35. The van der Waals surface area contributed by atoms with Crippen LogP contribution < -0.4 is 5.32 Å². The van der Waals surface area contributed by atoms with E-state index < -0.39 is 0 Å². The summed E-state index contributed by atoms with van der Waals surface area (Å²) in [4.78, 5) is 11.4. The SMILES string of the molecule is CC(C)c1ccc2n1CCNC2=O. The summed E-state index contributed by atoms with van der Waals surface area (Å²) in [6.07, 6.45) is 0. The Kier molecular flexibility index (Phi) is 1.87. The number of amides is 1. The summed E-state index contributed by atoms with van der Waals surface area (Å²) < 4.78 is 2.11. The Labute approximate surface area is 77.7 Å². The van der Waals surface area contributed by atoms with E-state index >= 15 is 0 Å². The molecule has 0 atom stereocenters. The Morgan fingerprint density at radius 3 is 2.92 bits per heavy atom. The third-order valence-electron chi connectivity index (χ3n) is 2.46. The van der Waals surface area contributed by atoms with Crippen molar-refractivity contribution in [1.29, 1.82) is 0 Å². The largest absolute Gasteiger partial charge is 0.349 e. The predicted molar refractivity (Wildman–Crippen MR) is 50.9 cm³/mol. The van der Waals surface area contributed by atoms with Gasteiger partial charge in [0.1, 0.15) is 5.69 Å². The zero-order valence-corrected chi connectivity index (χ0v) is 8.00. The molecule has 0 saturated carbocycles. The predicted octanol–water partition coefficient (Wildman–Crippen LogP) is 1.35. The van der Waals surface area contributed by atoms with E-state index in [2.05, 4.69) is 23.7 Å². The van der Waals surface area contributed by atoms with Gasteiger partial charge < -0.3 is 9.88 Å². The van der Waals surface area contributed by atoms with E-state index in [1.165, 1.54) is 5.69 Å². The maximum atomic E-state index is 11.4. The number of hydrogen-bond acceptors (Lipinski definition) is 1. The number of carbonyl (C=O) groups is 1. The molecule has 1 aromatic rings. The average Bonchev–Trinajstić information content (AvgIpc) is 2.48. The van der Waals surface area contributed by atoms with Crippen molar-refractivity contribution in [2.75, 3.05) is 6.54 Å². The molecule has 1 amide bonds. The van der Waals surface area contributed by atoms with Gasteiger partial charge in [-0.2, -0.15) is 0 Å². The number of rotatable bonds is 1. The molecule has 0 aliphatic carbocycles. The fourth-order valence-corrected chi connectivity index (χ4v) is 1.81. The fraction of sp³-hybridized carbons (Fsp3) is 0.500. The van der Waals surface area contributed by atoms with Crippen LogP contribution in [0.4, 0.5) is 0 Å². The van der Waals surface area contributed by atoms with Gasteiger partial charge in [-0.15, -0.1) is 0 Å². The zero-order chi connectivity index (χ0) is 9.42. The molecule has 2 heterocycles. The van der Waals surface area contributed by atoms with Crippen molar-refractivity contribution >= 4 is 5.91 Å². The first-order valence-electron chi connectivity index (χ1n) is 4.68. The van der Waals surface area contributed by atoms with E-state index in [-0.39, 0.29) is 5.91 Å². The summed E-state index contributed by atoms with van der Waals surface area (Å²) in [5, 5.41) is 2.83. The lowest BCUT2D eigenvalue weighted by Gasteiger charge is -2.19. The molecule has 1 aliphatic rings. The van der Waals surface area contributed by atoms with Crippen molar-refractivity contribution in [2.45, 2.75) is 26.3 Å². The second kappa shape index (κ2) is 2.91. The molecule has 0 saturated heterocycles. The molecule has 0 bridgehead atoms. The van der Waals surface area contributed by atoms with E-state index in [0.29, 0.717) is 5.92 Å². The highest BCUT2D eigenvalue weighted by Gasteiger charge is 2.19. The van der Waals surface area contributed by atoms with Crippen molar-refractivity contribution < 1.29 is 4.79 Å². The van der Waals surface area contributed by atoms with Crippen LogP contribution in [0.3, 0.4) is 0 Å². The molecule has 70 valence electrons. The second-order valence-corrected chi connectivity index (χ2v) is 3.71. The molecule has 0 radical (unpaired) electrons. The number of nitrogens with one attached hydrogen (secondary N) is 1. The average molecular weight is 178 g/mol. The molecule has 3 heteroatoms. The minimum atomic E-state index is 0.0538. The van der Waals surface area contributed by atoms with Crippen LogP contribution >= 0.6 is 0 Å². The van der Waals surface area contributed by atoms with Crippen LogP contribution in [0.25, 0.3) is 0 Å². The van der Waals surface area contributed by atoms with Crippen LogP contribution in [-0.4, -0.2) is 17.0 Å². The molecule has 0 unspecified atom stereocenters. The Bertz CT molecular complexity index is 339. The summed E-state index contributed by atoms with van der Waals surface area (Å²) >= 11 is 0. The van der Waals surface area contributed by atoms with Gasteiger partial charge in [0.25, 0.3) is 5.91 Å². The summed E-state index contributed by atoms with van der Waals surface area (Å²) in [6.45, 7) is 5.95. The van der Waals surface area contributed by atoms with Crippen molar-refractivity contribution in [2.24, 2.45) is 0 Å². The number of hydrogen-bond donors (Lipinski definition) is 1. The molecule has 1 aromatic heterocycles. The third kappa shape index (κ3) is 1.24. The van der Waals surface area contributed by atoms with Gasteiger partial charge in [0, 0.05) is 18.8 Å². The van der Waals surface area contributed by atoms with E-state index in [0.717, 1.165) is 18.8 Å². The van der Waals surface area contributed by atoms with Crippen LogP contribution in [-0.2, 0) is 6.54 Å². The van der Waals surface area contributed by atoms with Crippen molar-refractivity contribution in [3.63, 3.8) is 0 Å². The molecule has 0 aromatic carbocycles. The highest BCUT2D eigenvalue weighted by Crippen LogP contribution is 2.19. The normalized spacial score (nSPS) is 15.8. The Morgan fingerprint density at radius 1 is 1.46 bits per heavy atom. The first kappa shape index (κ1) is 8.35. The maximum Gasteiger partial charge on any atom is 0.267 e. The maximum absolute atomic E-state index is 11.4. The van der Waals surface area contributed by atoms with Crippen LogP contribution in [0.5, 0.6) is 0 Å². The van der Waals surface area contributed by atoms with Gasteiger partial charge >= 0.3 is 0 Å². The van der Waals surface area contributed by atoms with Gasteiger partial charge in [-0.05, 0) is 18.1 Å². The highest BCUT2D eigenvalue weighted by molar-refractivity contribution is 5.93. The summed E-state index contributed by atoms with van der Waals surface area (Å²) in [5.41, 5.74) is 2.06. The molecule has 13 heavy (non-hydrogen) atoms. The lowest BCUT2D eigenvalue weighted by molar-refractivity contribution is 0.0927. The Hall–Kier alpha value is -1.25. The molecule has 3 nitrogen and oxygen atoms in total. The summed E-state index contributed by atoms with van der Waals surface area (Å²) in [6, 6.07) is 3.95. The number of nitrogens with zero attached hydrogens (tertiary/aromatic N) is 1. The minimum absolute atomic E-state index is 0.0538.